The van der Waals surface area contributed by atoms with Crippen molar-refractivity contribution in [2.45, 2.75) is 70.5 Å². The fourth-order valence-electron chi connectivity index (χ4n) is 7.61. The number of aliphatic hydroxyl groups is 3. The zero-order chi connectivity index (χ0) is 25.8. The van der Waals surface area contributed by atoms with Crippen LogP contribution in [0.3, 0.4) is 0 Å². The van der Waals surface area contributed by atoms with Crippen molar-refractivity contribution in [2.75, 3.05) is 13.7 Å². The molecule has 0 amide bonds. The Morgan fingerprint density at radius 1 is 1.11 bits per heavy atom. The van der Waals surface area contributed by atoms with Crippen LogP contribution < -0.4 is 0 Å². The summed E-state index contributed by atoms with van der Waals surface area (Å²) in [5.74, 6) is -2.58. The van der Waals surface area contributed by atoms with Crippen LogP contribution in [0.5, 0.6) is 0 Å². The van der Waals surface area contributed by atoms with E-state index >= 15 is 0 Å². The van der Waals surface area contributed by atoms with E-state index in [0.29, 0.717) is 19.3 Å². The number of carbonyl (C=O) groups is 4. The molecule has 4 aliphatic carbocycles. The van der Waals surface area contributed by atoms with E-state index in [-0.39, 0.29) is 49.1 Å². The Hall–Kier alpha value is -2.36. The minimum atomic E-state index is -1.71. The molecule has 9 heteroatoms. The van der Waals surface area contributed by atoms with E-state index in [1.54, 1.807) is 6.08 Å². The van der Waals surface area contributed by atoms with Crippen molar-refractivity contribution in [3.8, 4) is 0 Å². The highest BCUT2D eigenvalue weighted by Crippen LogP contribution is 2.68. The normalized spacial score (nSPS) is 40.0. The lowest BCUT2D eigenvalue weighted by molar-refractivity contribution is -0.182. The minimum Gasteiger partial charge on any atom is -0.469 e. The van der Waals surface area contributed by atoms with Gasteiger partial charge in [0.15, 0.2) is 11.6 Å². The Morgan fingerprint density at radius 2 is 1.80 bits per heavy atom. The van der Waals surface area contributed by atoms with Gasteiger partial charge in [0.25, 0.3) is 0 Å². The molecule has 3 fully saturated rings. The summed E-state index contributed by atoms with van der Waals surface area (Å²) in [5.41, 5.74) is -2.77. The first-order chi connectivity index (χ1) is 16.4. The fourth-order valence-corrected chi connectivity index (χ4v) is 7.61. The van der Waals surface area contributed by atoms with Crippen LogP contribution in [0.4, 0.5) is 0 Å². The summed E-state index contributed by atoms with van der Waals surface area (Å²) in [6.45, 7) is 2.93. The maximum absolute atomic E-state index is 12.6. The number of aliphatic hydroxyl groups excluding tert-OH is 2. The Labute approximate surface area is 204 Å². The zero-order valence-corrected chi connectivity index (χ0v) is 20.4. The zero-order valence-electron chi connectivity index (χ0n) is 20.4. The Morgan fingerprint density at radius 3 is 2.46 bits per heavy atom. The van der Waals surface area contributed by atoms with Gasteiger partial charge in [-0.2, -0.15) is 0 Å². The summed E-state index contributed by atoms with van der Waals surface area (Å²) in [6.07, 6.45) is 3.65. The molecule has 0 aliphatic heterocycles. The van der Waals surface area contributed by atoms with E-state index in [1.165, 1.54) is 13.2 Å². The van der Waals surface area contributed by atoms with E-state index in [1.807, 2.05) is 13.8 Å². The molecule has 0 unspecified atom stereocenters. The molecule has 3 N–H and O–H groups in total. The van der Waals surface area contributed by atoms with Gasteiger partial charge < -0.3 is 24.8 Å². The van der Waals surface area contributed by atoms with Crippen LogP contribution in [0.2, 0.25) is 0 Å². The molecule has 0 spiro atoms. The molecule has 0 heterocycles. The molecule has 9 nitrogen and oxygen atoms in total. The lowest BCUT2D eigenvalue weighted by atomic mass is 9.45. The topological polar surface area (TPSA) is 147 Å². The summed E-state index contributed by atoms with van der Waals surface area (Å²) in [6, 6.07) is 0. The van der Waals surface area contributed by atoms with Gasteiger partial charge in [-0.15, -0.1) is 0 Å². The van der Waals surface area contributed by atoms with Crippen LogP contribution >= 0.6 is 0 Å². The van der Waals surface area contributed by atoms with Gasteiger partial charge in [0.2, 0.25) is 0 Å². The van der Waals surface area contributed by atoms with Gasteiger partial charge >= 0.3 is 11.9 Å². The van der Waals surface area contributed by atoms with Crippen LogP contribution in [-0.2, 0) is 28.7 Å². The third-order valence-corrected chi connectivity index (χ3v) is 9.38. The van der Waals surface area contributed by atoms with Gasteiger partial charge in [-0.25, -0.2) is 0 Å². The van der Waals surface area contributed by atoms with E-state index < -0.39 is 52.8 Å². The molecule has 4 aliphatic rings. The first kappa shape index (κ1) is 25.7. The van der Waals surface area contributed by atoms with Crippen LogP contribution in [0, 0.1) is 28.6 Å². The summed E-state index contributed by atoms with van der Waals surface area (Å²) >= 11 is 0. The van der Waals surface area contributed by atoms with E-state index in [4.69, 9.17) is 4.74 Å². The summed E-state index contributed by atoms with van der Waals surface area (Å²) < 4.78 is 10.2. The van der Waals surface area contributed by atoms with Crippen molar-refractivity contribution < 1.29 is 44.0 Å². The number of esters is 2. The number of rotatable bonds is 6. The fraction of sp³-hybridized carbons (Fsp3) is 0.692. The van der Waals surface area contributed by atoms with Crippen molar-refractivity contribution >= 4 is 23.5 Å². The molecule has 0 aromatic carbocycles. The molecule has 7 atom stereocenters. The molecule has 4 rings (SSSR count). The summed E-state index contributed by atoms with van der Waals surface area (Å²) in [7, 11) is 1.23. The third kappa shape index (κ3) is 3.79. The lowest BCUT2D eigenvalue weighted by Gasteiger charge is -2.60. The molecule has 3 saturated carbocycles. The number of hydrogen-bond donors (Lipinski definition) is 3. The molecular weight excluding hydrogens is 456 g/mol. The van der Waals surface area contributed by atoms with E-state index in [0.717, 1.165) is 5.57 Å². The van der Waals surface area contributed by atoms with Crippen LogP contribution in [0.25, 0.3) is 0 Å². The number of Topliss-reactive ketones (excluding diaryl/α,β-unsaturated/α-hetero) is 1. The average Bonchev–Trinajstić information content (AvgIpc) is 3.08. The van der Waals surface area contributed by atoms with Crippen LogP contribution in [-0.4, -0.2) is 64.2 Å². The van der Waals surface area contributed by atoms with Crippen molar-refractivity contribution in [3.05, 3.63) is 23.5 Å². The second kappa shape index (κ2) is 8.94. The molecule has 0 bridgehead atoms. The molecule has 0 aromatic heterocycles. The molecule has 192 valence electrons. The van der Waals surface area contributed by atoms with Crippen LogP contribution in [0.1, 0.15) is 58.8 Å². The first-order valence-electron chi connectivity index (χ1n) is 12.2. The second-order valence-corrected chi connectivity index (χ2v) is 10.8. The predicted molar refractivity (Wildman–Crippen MR) is 121 cm³/mol. The van der Waals surface area contributed by atoms with Gasteiger partial charge in [0.05, 0.1) is 31.5 Å². The summed E-state index contributed by atoms with van der Waals surface area (Å²) in [5, 5.41) is 32.4. The number of methoxy groups -OCH3 is 1. The monoisotopic (exact) mass is 490 g/mol. The van der Waals surface area contributed by atoms with Crippen molar-refractivity contribution in [1.29, 1.82) is 0 Å². The quantitative estimate of drug-likeness (QED) is 0.470. The average molecular weight is 491 g/mol. The highest BCUT2D eigenvalue weighted by atomic mass is 16.5. The molecule has 0 radical (unpaired) electrons. The number of allylic oxidation sites excluding steroid dienone is 3. The molecular formula is C26H34O9. The minimum absolute atomic E-state index is 0.0938. The highest BCUT2D eigenvalue weighted by molar-refractivity contribution is 6.02. The van der Waals surface area contributed by atoms with E-state index in [2.05, 4.69) is 4.74 Å². The SMILES string of the molecule is COC(=O)CCC(=O)OC1=CC(=O)C=C2CC[C@@H]3[C@H]([C@@H](O)C[C@@]4(C)[C@H]3CC[C@]4(O)C(=O)CO)[C@]21C. The van der Waals surface area contributed by atoms with Crippen molar-refractivity contribution in [2.24, 2.45) is 28.6 Å². The van der Waals surface area contributed by atoms with Crippen molar-refractivity contribution in [1.82, 2.24) is 0 Å². The van der Waals surface area contributed by atoms with Gasteiger partial charge in [0, 0.05) is 17.4 Å². The number of carbonyl (C=O) groups excluding carboxylic acids is 4. The Balaban J connectivity index is 1.67. The van der Waals surface area contributed by atoms with Crippen molar-refractivity contribution in [3.63, 3.8) is 0 Å². The van der Waals surface area contributed by atoms with Crippen LogP contribution in [0.15, 0.2) is 23.5 Å². The largest absolute Gasteiger partial charge is 0.469 e. The Kier molecular flexibility index (Phi) is 6.57. The molecule has 35 heavy (non-hydrogen) atoms. The number of ether oxygens (including phenoxy) is 2. The predicted octanol–water partition coefficient (Wildman–Crippen LogP) is 1.38. The highest BCUT2D eigenvalue weighted by Gasteiger charge is 2.69. The maximum Gasteiger partial charge on any atom is 0.311 e. The second-order valence-electron chi connectivity index (χ2n) is 10.8. The maximum atomic E-state index is 12.6. The van der Waals surface area contributed by atoms with Gasteiger partial charge in [0.1, 0.15) is 18.0 Å². The number of ketones is 2. The van der Waals surface area contributed by atoms with Gasteiger partial charge in [-0.3, -0.25) is 19.2 Å². The number of hydrogen-bond acceptors (Lipinski definition) is 9. The van der Waals surface area contributed by atoms with E-state index in [9.17, 15) is 34.5 Å². The van der Waals surface area contributed by atoms with Gasteiger partial charge in [-0.05, 0) is 56.9 Å². The van der Waals surface area contributed by atoms with Gasteiger partial charge in [-0.1, -0.05) is 12.5 Å². The number of fused-ring (bicyclic) bond motifs is 5. The summed E-state index contributed by atoms with van der Waals surface area (Å²) in [4.78, 5) is 49.0. The first-order valence-corrected chi connectivity index (χ1v) is 12.2. The molecule has 0 saturated heterocycles. The molecule has 0 aromatic rings. The standard InChI is InChI=1S/C26H34O9/c1-24-12-18(29)23-16(17(24)8-9-26(24,33)19(30)13-27)5-4-14-10-15(28)11-20(25(14,23)2)35-22(32)7-6-21(31)34-3/h10-11,16-18,23,27,29,33H,4-9,12-13H2,1-3H3/t16-,17-,18-,23+,24-,25+,26-/m0/s1. The lowest BCUT2D eigenvalue weighted by Crippen LogP contribution is -2.62. The third-order valence-electron chi connectivity index (χ3n) is 9.38. The smallest absolute Gasteiger partial charge is 0.311 e. The Bertz CT molecular complexity index is 1010.